The van der Waals surface area contributed by atoms with Gasteiger partial charge < -0.3 is 15.3 Å². The standard InChI is InChI=1S/C16H18N2O3/c1-4-16(2,3)17-15(21)18-10-12-8-6-5-7-11(12)9-13(18)14(19)20/h1,5-8,13H,9-10H2,2-3H3,(H,17,21)(H,19,20)/t13-/m1/s1. The van der Waals surface area contributed by atoms with E-state index in [-0.39, 0.29) is 6.54 Å². The number of terminal acetylenes is 1. The Hall–Kier alpha value is -2.48. The average molecular weight is 286 g/mol. The van der Waals surface area contributed by atoms with Gasteiger partial charge in [0, 0.05) is 13.0 Å². The van der Waals surface area contributed by atoms with Crippen molar-refractivity contribution in [1.82, 2.24) is 10.2 Å². The van der Waals surface area contributed by atoms with E-state index in [1.165, 1.54) is 4.90 Å². The van der Waals surface area contributed by atoms with Gasteiger partial charge >= 0.3 is 12.0 Å². The van der Waals surface area contributed by atoms with Crippen LogP contribution in [0.1, 0.15) is 25.0 Å². The Balaban J connectivity index is 2.27. The van der Waals surface area contributed by atoms with E-state index in [1.54, 1.807) is 13.8 Å². The fourth-order valence-electron chi connectivity index (χ4n) is 2.33. The third-order valence-corrected chi connectivity index (χ3v) is 3.57. The highest BCUT2D eigenvalue weighted by atomic mass is 16.4. The maximum absolute atomic E-state index is 12.4. The van der Waals surface area contributed by atoms with Crippen LogP contribution in [-0.4, -0.2) is 33.6 Å². The Morgan fingerprint density at radius 2 is 2.00 bits per heavy atom. The lowest BCUT2D eigenvalue weighted by molar-refractivity contribution is -0.142. The molecule has 1 atom stereocenters. The third kappa shape index (κ3) is 3.16. The van der Waals surface area contributed by atoms with E-state index < -0.39 is 23.6 Å². The predicted molar refractivity (Wildman–Crippen MR) is 78.6 cm³/mol. The zero-order valence-electron chi connectivity index (χ0n) is 12.1. The van der Waals surface area contributed by atoms with Crippen molar-refractivity contribution in [2.75, 3.05) is 0 Å². The maximum atomic E-state index is 12.4. The lowest BCUT2D eigenvalue weighted by Gasteiger charge is -2.36. The van der Waals surface area contributed by atoms with Gasteiger partial charge in [-0.25, -0.2) is 9.59 Å². The molecule has 110 valence electrons. The van der Waals surface area contributed by atoms with Gasteiger partial charge in [-0.05, 0) is 25.0 Å². The number of carboxylic acid groups (broad SMARTS) is 1. The fraction of sp³-hybridized carbons (Fsp3) is 0.375. The zero-order valence-corrected chi connectivity index (χ0v) is 12.1. The van der Waals surface area contributed by atoms with E-state index >= 15 is 0 Å². The number of amides is 2. The summed E-state index contributed by atoms with van der Waals surface area (Å²) in [6.07, 6.45) is 5.66. The number of carbonyl (C=O) groups excluding carboxylic acids is 1. The van der Waals surface area contributed by atoms with Crippen molar-refractivity contribution in [1.29, 1.82) is 0 Å². The Morgan fingerprint density at radius 1 is 1.38 bits per heavy atom. The summed E-state index contributed by atoms with van der Waals surface area (Å²) in [5.41, 5.74) is 1.10. The topological polar surface area (TPSA) is 69.6 Å². The Bertz CT molecular complexity index is 616. The second-order valence-corrected chi connectivity index (χ2v) is 5.65. The van der Waals surface area contributed by atoms with Crippen molar-refractivity contribution in [2.45, 2.75) is 38.4 Å². The number of carboxylic acids is 1. The molecule has 1 aliphatic heterocycles. The lowest BCUT2D eigenvalue weighted by atomic mass is 9.94. The summed E-state index contributed by atoms with van der Waals surface area (Å²) in [5, 5.41) is 12.1. The molecule has 5 heteroatoms. The number of hydrogen-bond donors (Lipinski definition) is 2. The molecule has 21 heavy (non-hydrogen) atoms. The molecule has 0 saturated carbocycles. The summed E-state index contributed by atoms with van der Waals surface area (Å²) < 4.78 is 0. The van der Waals surface area contributed by atoms with Crippen molar-refractivity contribution in [2.24, 2.45) is 0 Å². The smallest absolute Gasteiger partial charge is 0.326 e. The number of benzene rings is 1. The molecule has 0 aromatic heterocycles. The van der Waals surface area contributed by atoms with E-state index in [4.69, 9.17) is 6.42 Å². The van der Waals surface area contributed by atoms with E-state index in [0.29, 0.717) is 6.42 Å². The summed E-state index contributed by atoms with van der Waals surface area (Å²) in [6.45, 7) is 3.65. The first kappa shape index (κ1) is 14.9. The number of nitrogens with zero attached hydrogens (tertiary/aromatic N) is 1. The fourth-order valence-corrected chi connectivity index (χ4v) is 2.33. The van der Waals surface area contributed by atoms with Crippen LogP contribution in [0.15, 0.2) is 24.3 Å². The van der Waals surface area contributed by atoms with Crippen LogP contribution in [0.25, 0.3) is 0 Å². The van der Waals surface area contributed by atoms with Gasteiger partial charge in [0.2, 0.25) is 0 Å². The lowest BCUT2D eigenvalue weighted by Crippen LogP contribution is -2.56. The Morgan fingerprint density at radius 3 is 2.57 bits per heavy atom. The number of fused-ring (bicyclic) bond motifs is 1. The molecule has 1 aromatic rings. The van der Waals surface area contributed by atoms with E-state index in [9.17, 15) is 14.7 Å². The minimum Gasteiger partial charge on any atom is -0.480 e. The molecule has 2 amide bonds. The summed E-state index contributed by atoms with van der Waals surface area (Å²) in [7, 11) is 0. The number of urea groups is 1. The molecule has 0 fully saturated rings. The summed E-state index contributed by atoms with van der Waals surface area (Å²) in [5.74, 6) is 1.45. The monoisotopic (exact) mass is 286 g/mol. The van der Waals surface area contributed by atoms with Gasteiger partial charge in [0.25, 0.3) is 0 Å². The maximum Gasteiger partial charge on any atom is 0.326 e. The molecule has 1 aliphatic rings. The number of carbonyl (C=O) groups is 2. The first-order valence-corrected chi connectivity index (χ1v) is 6.70. The van der Waals surface area contributed by atoms with Crippen molar-refractivity contribution in [3.8, 4) is 12.3 Å². The predicted octanol–water partition coefficient (Wildman–Crippen LogP) is 1.62. The van der Waals surface area contributed by atoms with Gasteiger partial charge in [-0.1, -0.05) is 30.2 Å². The molecule has 2 rings (SSSR count). The van der Waals surface area contributed by atoms with E-state index in [2.05, 4.69) is 11.2 Å². The van der Waals surface area contributed by atoms with Crippen LogP contribution in [-0.2, 0) is 17.8 Å². The molecule has 0 radical (unpaired) electrons. The van der Waals surface area contributed by atoms with Crippen LogP contribution >= 0.6 is 0 Å². The highest BCUT2D eigenvalue weighted by Crippen LogP contribution is 2.24. The van der Waals surface area contributed by atoms with Gasteiger partial charge in [0.05, 0.1) is 5.54 Å². The quantitative estimate of drug-likeness (QED) is 0.812. The summed E-state index contributed by atoms with van der Waals surface area (Å²) >= 11 is 0. The molecular weight excluding hydrogens is 268 g/mol. The van der Waals surface area contributed by atoms with Crippen molar-refractivity contribution < 1.29 is 14.7 Å². The number of rotatable bonds is 2. The molecule has 0 saturated heterocycles. The van der Waals surface area contributed by atoms with Crippen LogP contribution in [0.3, 0.4) is 0 Å². The number of nitrogens with one attached hydrogen (secondary N) is 1. The van der Waals surface area contributed by atoms with Crippen molar-refractivity contribution in [3.05, 3.63) is 35.4 Å². The van der Waals surface area contributed by atoms with Gasteiger partial charge in [0.1, 0.15) is 6.04 Å². The zero-order chi connectivity index (χ0) is 15.6. The van der Waals surface area contributed by atoms with Gasteiger partial charge in [-0.3, -0.25) is 0 Å². The molecule has 1 heterocycles. The third-order valence-electron chi connectivity index (χ3n) is 3.57. The summed E-state index contributed by atoms with van der Waals surface area (Å²) in [4.78, 5) is 25.1. The van der Waals surface area contributed by atoms with Crippen LogP contribution in [0.5, 0.6) is 0 Å². The second-order valence-electron chi connectivity index (χ2n) is 5.65. The normalized spacial score (nSPS) is 17.6. The molecule has 2 N–H and O–H groups in total. The molecule has 0 bridgehead atoms. The molecule has 1 aromatic carbocycles. The first-order valence-electron chi connectivity index (χ1n) is 6.70. The SMILES string of the molecule is C#CC(C)(C)NC(=O)N1Cc2ccccc2C[C@@H]1C(=O)O. The summed E-state index contributed by atoms with van der Waals surface area (Å²) in [6, 6.07) is 6.20. The molecular formula is C16H18N2O3. The number of hydrogen-bond acceptors (Lipinski definition) is 2. The van der Waals surface area contributed by atoms with Crippen LogP contribution in [0.4, 0.5) is 4.79 Å². The van der Waals surface area contributed by atoms with E-state index in [0.717, 1.165) is 11.1 Å². The molecule has 5 nitrogen and oxygen atoms in total. The second kappa shape index (κ2) is 5.49. The van der Waals surface area contributed by atoms with Crippen LogP contribution < -0.4 is 5.32 Å². The minimum atomic E-state index is -1.02. The van der Waals surface area contributed by atoms with E-state index in [1.807, 2.05) is 24.3 Å². The van der Waals surface area contributed by atoms with Crippen molar-refractivity contribution in [3.63, 3.8) is 0 Å². The van der Waals surface area contributed by atoms with Crippen LogP contribution in [0, 0.1) is 12.3 Å². The minimum absolute atomic E-state index is 0.264. The largest absolute Gasteiger partial charge is 0.480 e. The van der Waals surface area contributed by atoms with Gasteiger partial charge in [-0.2, -0.15) is 0 Å². The van der Waals surface area contributed by atoms with Gasteiger partial charge in [-0.15, -0.1) is 6.42 Å². The number of aliphatic carboxylic acids is 1. The molecule has 0 unspecified atom stereocenters. The van der Waals surface area contributed by atoms with Gasteiger partial charge in [0.15, 0.2) is 0 Å². The highest BCUT2D eigenvalue weighted by Gasteiger charge is 2.35. The molecule has 0 spiro atoms. The van der Waals surface area contributed by atoms with Crippen molar-refractivity contribution >= 4 is 12.0 Å². The Labute approximate surface area is 124 Å². The average Bonchev–Trinajstić information content (AvgIpc) is 2.45. The van der Waals surface area contributed by atoms with Crippen LogP contribution in [0.2, 0.25) is 0 Å². The molecule has 0 aliphatic carbocycles. The first-order chi connectivity index (χ1) is 9.84. The highest BCUT2D eigenvalue weighted by molar-refractivity contribution is 5.84. The Kier molecular flexibility index (Phi) is 3.90.